The normalized spacial score (nSPS) is 16.4. The van der Waals surface area contributed by atoms with E-state index >= 15 is 0 Å². The maximum absolute atomic E-state index is 11.4. The lowest BCUT2D eigenvalue weighted by atomic mass is 9.79. The second kappa shape index (κ2) is 5.12. The summed E-state index contributed by atoms with van der Waals surface area (Å²) in [6.07, 6.45) is 0.706. The molecule has 0 aliphatic rings. The number of amides is 1. The second-order valence-corrected chi connectivity index (χ2v) is 3.94. The van der Waals surface area contributed by atoms with Crippen molar-refractivity contribution >= 4 is 5.91 Å². The van der Waals surface area contributed by atoms with Crippen LogP contribution < -0.4 is 5.73 Å². The molecule has 1 amide bonds. The minimum Gasteiger partial charge on any atom is -0.373 e. The average Bonchev–Trinajstić information content (AvgIpc) is 2.32. The number of carbonyl (C=O) groups excluding carboxylic acids is 1. The summed E-state index contributed by atoms with van der Waals surface area (Å²) in [5, 5.41) is 0. The highest BCUT2D eigenvalue weighted by Crippen LogP contribution is 2.36. The Labute approximate surface area is 96.6 Å². The van der Waals surface area contributed by atoms with E-state index in [-0.39, 0.29) is 11.8 Å². The maximum atomic E-state index is 11.4. The Balaban J connectivity index is 3.21. The molecule has 0 spiro atoms. The molecule has 1 aromatic rings. The van der Waals surface area contributed by atoms with E-state index in [1.54, 1.807) is 7.11 Å². The highest BCUT2D eigenvalue weighted by Gasteiger charge is 2.39. The summed E-state index contributed by atoms with van der Waals surface area (Å²) in [6.45, 7) is 3.80. The van der Waals surface area contributed by atoms with Crippen LogP contribution in [0.5, 0.6) is 0 Å². The second-order valence-electron chi connectivity index (χ2n) is 3.94. The number of ether oxygens (including phenoxy) is 1. The van der Waals surface area contributed by atoms with Crippen molar-refractivity contribution in [1.82, 2.24) is 0 Å². The molecule has 2 N–H and O–H groups in total. The highest BCUT2D eigenvalue weighted by molar-refractivity contribution is 5.78. The van der Waals surface area contributed by atoms with Crippen LogP contribution in [0.1, 0.15) is 25.8 Å². The maximum Gasteiger partial charge on any atom is 0.223 e. The van der Waals surface area contributed by atoms with E-state index in [1.807, 2.05) is 44.2 Å². The largest absolute Gasteiger partial charge is 0.373 e. The van der Waals surface area contributed by atoms with Crippen molar-refractivity contribution in [2.24, 2.45) is 11.7 Å². The molecule has 1 rings (SSSR count). The summed E-state index contributed by atoms with van der Waals surface area (Å²) in [7, 11) is 1.62. The number of primary amides is 1. The molecule has 0 saturated carbocycles. The number of methoxy groups -OCH3 is 1. The zero-order valence-electron chi connectivity index (χ0n) is 10.1. The van der Waals surface area contributed by atoms with Crippen LogP contribution in [0, 0.1) is 5.92 Å². The minimum atomic E-state index is -0.618. The van der Waals surface area contributed by atoms with Gasteiger partial charge in [-0.15, -0.1) is 0 Å². The van der Waals surface area contributed by atoms with Gasteiger partial charge in [-0.1, -0.05) is 44.2 Å². The predicted molar refractivity (Wildman–Crippen MR) is 63.8 cm³/mol. The first kappa shape index (κ1) is 12.7. The summed E-state index contributed by atoms with van der Waals surface area (Å²) >= 11 is 0. The average molecular weight is 221 g/mol. The van der Waals surface area contributed by atoms with Crippen LogP contribution in [0.15, 0.2) is 30.3 Å². The van der Waals surface area contributed by atoms with Gasteiger partial charge in [-0.05, 0) is 12.0 Å². The van der Waals surface area contributed by atoms with Gasteiger partial charge in [-0.25, -0.2) is 0 Å². The fraction of sp³-hybridized carbons (Fsp3) is 0.462. The molecule has 0 radical (unpaired) electrons. The molecular formula is C13H19NO2. The van der Waals surface area contributed by atoms with E-state index in [4.69, 9.17) is 10.5 Å². The SMILES string of the molecule is CCC(OC)(c1ccccc1)C(C)C(N)=O. The third kappa shape index (κ3) is 2.09. The first-order chi connectivity index (χ1) is 7.58. The van der Waals surface area contributed by atoms with Gasteiger partial charge in [-0.3, -0.25) is 4.79 Å². The van der Waals surface area contributed by atoms with Crippen molar-refractivity contribution in [2.45, 2.75) is 25.9 Å². The van der Waals surface area contributed by atoms with Gasteiger partial charge in [0.25, 0.3) is 0 Å². The highest BCUT2D eigenvalue weighted by atomic mass is 16.5. The van der Waals surface area contributed by atoms with Crippen molar-refractivity contribution < 1.29 is 9.53 Å². The van der Waals surface area contributed by atoms with Crippen LogP contribution >= 0.6 is 0 Å². The standard InChI is InChI=1S/C13H19NO2/c1-4-13(16-3,10(2)12(14)15)11-8-6-5-7-9-11/h5-10H,4H2,1-3H3,(H2,14,15). The molecule has 0 bridgehead atoms. The van der Waals surface area contributed by atoms with Crippen molar-refractivity contribution in [3.63, 3.8) is 0 Å². The van der Waals surface area contributed by atoms with Gasteiger partial charge in [0.1, 0.15) is 5.60 Å². The minimum absolute atomic E-state index is 0.340. The monoisotopic (exact) mass is 221 g/mol. The number of carbonyl (C=O) groups is 1. The summed E-state index contributed by atoms with van der Waals surface area (Å²) in [4.78, 5) is 11.4. The van der Waals surface area contributed by atoms with Crippen LogP contribution in [0.3, 0.4) is 0 Å². The summed E-state index contributed by atoms with van der Waals surface area (Å²) in [5.41, 5.74) is 5.77. The Bertz CT molecular complexity index is 344. The van der Waals surface area contributed by atoms with Crippen LogP contribution in [0.4, 0.5) is 0 Å². The fourth-order valence-electron chi connectivity index (χ4n) is 2.15. The molecule has 0 heterocycles. The Morgan fingerprint density at radius 2 is 2.00 bits per heavy atom. The van der Waals surface area contributed by atoms with Crippen molar-refractivity contribution in [2.75, 3.05) is 7.11 Å². The summed E-state index contributed by atoms with van der Waals surface area (Å²) in [5.74, 6) is -0.697. The molecular weight excluding hydrogens is 202 g/mol. The molecule has 3 nitrogen and oxygen atoms in total. The molecule has 0 aliphatic heterocycles. The molecule has 2 unspecified atom stereocenters. The number of hydrogen-bond donors (Lipinski definition) is 1. The lowest BCUT2D eigenvalue weighted by Crippen LogP contribution is -2.42. The quantitative estimate of drug-likeness (QED) is 0.827. The number of nitrogens with two attached hydrogens (primary N) is 1. The van der Waals surface area contributed by atoms with Gasteiger partial charge in [0.2, 0.25) is 5.91 Å². The van der Waals surface area contributed by atoms with Gasteiger partial charge >= 0.3 is 0 Å². The molecule has 1 aromatic carbocycles. The van der Waals surface area contributed by atoms with Crippen LogP contribution in [0.2, 0.25) is 0 Å². The van der Waals surface area contributed by atoms with Gasteiger partial charge in [-0.2, -0.15) is 0 Å². The van der Waals surface area contributed by atoms with Crippen molar-refractivity contribution in [3.8, 4) is 0 Å². The molecule has 3 heteroatoms. The Morgan fingerprint density at radius 3 is 2.38 bits per heavy atom. The third-order valence-corrected chi connectivity index (χ3v) is 3.28. The van der Waals surface area contributed by atoms with Gasteiger partial charge in [0.05, 0.1) is 5.92 Å². The molecule has 16 heavy (non-hydrogen) atoms. The van der Waals surface area contributed by atoms with Crippen LogP contribution in [-0.4, -0.2) is 13.0 Å². The smallest absolute Gasteiger partial charge is 0.223 e. The van der Waals surface area contributed by atoms with Crippen LogP contribution in [0.25, 0.3) is 0 Å². The van der Waals surface area contributed by atoms with E-state index in [2.05, 4.69) is 0 Å². The van der Waals surface area contributed by atoms with E-state index in [9.17, 15) is 4.79 Å². The van der Waals surface area contributed by atoms with Gasteiger partial charge < -0.3 is 10.5 Å². The molecule has 0 aliphatic carbocycles. The number of rotatable bonds is 5. The summed E-state index contributed by atoms with van der Waals surface area (Å²) in [6, 6.07) is 9.74. The Morgan fingerprint density at radius 1 is 1.44 bits per heavy atom. The number of hydrogen-bond acceptors (Lipinski definition) is 2. The predicted octanol–water partition coefficient (Wildman–Crippen LogP) is 2.06. The topological polar surface area (TPSA) is 52.3 Å². The summed E-state index contributed by atoms with van der Waals surface area (Å²) < 4.78 is 5.60. The molecule has 88 valence electrons. The molecule has 0 aromatic heterocycles. The first-order valence-corrected chi connectivity index (χ1v) is 5.48. The first-order valence-electron chi connectivity index (χ1n) is 5.48. The van der Waals surface area contributed by atoms with Crippen molar-refractivity contribution in [3.05, 3.63) is 35.9 Å². The zero-order valence-corrected chi connectivity index (χ0v) is 10.1. The zero-order chi connectivity index (χ0) is 12.2. The Kier molecular flexibility index (Phi) is 4.07. The van der Waals surface area contributed by atoms with Crippen LogP contribution in [-0.2, 0) is 15.1 Å². The molecule has 0 saturated heterocycles. The fourth-order valence-corrected chi connectivity index (χ4v) is 2.15. The van der Waals surface area contributed by atoms with Gasteiger partial charge in [0, 0.05) is 7.11 Å². The molecule has 2 atom stereocenters. The lowest BCUT2D eigenvalue weighted by molar-refractivity contribution is -0.135. The number of benzene rings is 1. The van der Waals surface area contributed by atoms with E-state index in [0.29, 0.717) is 6.42 Å². The van der Waals surface area contributed by atoms with E-state index < -0.39 is 5.60 Å². The van der Waals surface area contributed by atoms with Crippen molar-refractivity contribution in [1.29, 1.82) is 0 Å². The molecule has 0 fully saturated rings. The van der Waals surface area contributed by atoms with Gasteiger partial charge in [0.15, 0.2) is 0 Å². The van der Waals surface area contributed by atoms with E-state index in [1.165, 1.54) is 0 Å². The lowest BCUT2D eigenvalue weighted by Gasteiger charge is -2.36. The Hall–Kier alpha value is -1.35. The third-order valence-electron chi connectivity index (χ3n) is 3.28. The van der Waals surface area contributed by atoms with E-state index in [0.717, 1.165) is 5.56 Å².